The summed E-state index contributed by atoms with van der Waals surface area (Å²) < 4.78 is 0. The van der Waals surface area contributed by atoms with Gasteiger partial charge in [0.2, 0.25) is 0 Å². The van der Waals surface area contributed by atoms with Crippen molar-refractivity contribution in [2.24, 2.45) is 0 Å². The summed E-state index contributed by atoms with van der Waals surface area (Å²) in [7, 11) is 0. The van der Waals surface area contributed by atoms with Gasteiger partial charge in [-0.25, -0.2) is 4.79 Å². The van der Waals surface area contributed by atoms with Gasteiger partial charge < -0.3 is 10.2 Å². The van der Waals surface area contributed by atoms with E-state index in [-0.39, 0.29) is 23.5 Å². The molecule has 2 N–H and O–H groups in total. The molecular formula is C7H12CuO4. The van der Waals surface area contributed by atoms with E-state index in [9.17, 15) is 9.59 Å². The Labute approximate surface area is 81.8 Å². The van der Waals surface area contributed by atoms with Crippen LogP contribution in [0.1, 0.15) is 20.3 Å². The minimum Gasteiger partial charge on any atom is -0.481 e. The number of rotatable bonds is 2. The zero-order chi connectivity index (χ0) is 9.28. The van der Waals surface area contributed by atoms with Gasteiger partial charge >= 0.3 is 11.9 Å². The Balaban J connectivity index is -0.000000126. The fourth-order valence-electron chi connectivity index (χ4n) is 0.143. The van der Waals surface area contributed by atoms with Crippen LogP contribution >= 0.6 is 0 Å². The molecule has 0 aromatic carbocycles. The second kappa shape index (κ2) is 12.8. The molecule has 0 aliphatic rings. The zero-order valence-corrected chi connectivity index (χ0v) is 7.82. The van der Waals surface area contributed by atoms with Crippen LogP contribution in [0.2, 0.25) is 0 Å². The number of carbonyl (C=O) groups is 2. The maximum absolute atomic E-state index is 9.51. The van der Waals surface area contributed by atoms with Gasteiger partial charge in [0.25, 0.3) is 0 Å². The average molecular weight is 224 g/mol. The van der Waals surface area contributed by atoms with E-state index in [1.807, 2.05) is 0 Å². The van der Waals surface area contributed by atoms with Crippen molar-refractivity contribution in [3.05, 3.63) is 12.2 Å². The van der Waals surface area contributed by atoms with E-state index < -0.39 is 11.9 Å². The number of hydrogen-bond donors (Lipinski definition) is 2. The minimum atomic E-state index is -0.891. The number of carboxylic acid groups (broad SMARTS) is 2. The molecule has 5 heteroatoms. The Morgan fingerprint density at radius 1 is 1.33 bits per heavy atom. The molecule has 75 valence electrons. The monoisotopic (exact) mass is 223 g/mol. The first-order valence-electron chi connectivity index (χ1n) is 3.12. The third kappa shape index (κ3) is 35.1. The Morgan fingerprint density at radius 2 is 1.67 bits per heavy atom. The molecule has 1 radical (unpaired) electrons. The molecule has 0 aromatic heterocycles. The fourth-order valence-corrected chi connectivity index (χ4v) is 0.143. The van der Waals surface area contributed by atoms with E-state index in [0.29, 0.717) is 0 Å². The average Bonchev–Trinajstić information content (AvgIpc) is 1.89. The smallest absolute Gasteiger partial charge is 0.327 e. The van der Waals surface area contributed by atoms with Crippen molar-refractivity contribution in [3.8, 4) is 0 Å². The van der Waals surface area contributed by atoms with E-state index >= 15 is 0 Å². The molecule has 0 saturated carbocycles. The van der Waals surface area contributed by atoms with Crippen LogP contribution in [0.5, 0.6) is 0 Å². The van der Waals surface area contributed by atoms with E-state index in [4.69, 9.17) is 10.2 Å². The Kier molecular flexibility index (Phi) is 18.5. The Bertz CT molecular complexity index is 153. The normalized spacial score (nSPS) is 7.83. The third-order valence-corrected chi connectivity index (χ3v) is 0.612. The number of carboxylic acids is 2. The maximum Gasteiger partial charge on any atom is 0.327 e. The van der Waals surface area contributed by atoms with Crippen molar-refractivity contribution in [3.63, 3.8) is 0 Å². The molecule has 0 heterocycles. The zero-order valence-electron chi connectivity index (χ0n) is 6.87. The topological polar surface area (TPSA) is 74.6 Å². The maximum atomic E-state index is 9.51. The predicted molar refractivity (Wildman–Crippen MR) is 40.4 cm³/mol. The van der Waals surface area contributed by atoms with Gasteiger partial charge in [0, 0.05) is 29.6 Å². The molecule has 0 bridgehead atoms. The molecule has 4 nitrogen and oxygen atoms in total. The Morgan fingerprint density at radius 3 is 1.67 bits per heavy atom. The van der Waals surface area contributed by atoms with Gasteiger partial charge in [-0.05, 0) is 6.92 Å². The van der Waals surface area contributed by atoms with Crippen molar-refractivity contribution < 1.29 is 36.9 Å². The minimum absolute atomic E-state index is 0. The van der Waals surface area contributed by atoms with E-state index in [1.54, 1.807) is 13.8 Å². The van der Waals surface area contributed by atoms with Crippen LogP contribution in [0.25, 0.3) is 0 Å². The summed E-state index contributed by atoms with van der Waals surface area (Å²) in [6, 6.07) is 0. The quantitative estimate of drug-likeness (QED) is 0.544. The first kappa shape index (κ1) is 17.3. The second-order valence-electron chi connectivity index (χ2n) is 1.59. The summed E-state index contributed by atoms with van der Waals surface area (Å²) in [6.07, 6.45) is 2.78. The molecule has 0 saturated heterocycles. The van der Waals surface area contributed by atoms with Crippen molar-refractivity contribution in [2.45, 2.75) is 20.3 Å². The summed E-state index contributed by atoms with van der Waals surface area (Å²) in [5.74, 6) is -1.64. The van der Waals surface area contributed by atoms with Crippen LogP contribution in [0.3, 0.4) is 0 Å². The van der Waals surface area contributed by atoms with E-state index in [0.717, 1.165) is 6.08 Å². The van der Waals surface area contributed by atoms with Gasteiger partial charge in [-0.15, -0.1) is 0 Å². The van der Waals surface area contributed by atoms with Gasteiger partial charge in [0.1, 0.15) is 0 Å². The molecule has 0 aliphatic heterocycles. The van der Waals surface area contributed by atoms with E-state index in [1.165, 1.54) is 6.08 Å². The second-order valence-corrected chi connectivity index (χ2v) is 1.59. The summed E-state index contributed by atoms with van der Waals surface area (Å²) >= 11 is 0. The number of aliphatic carboxylic acids is 2. The number of allylic oxidation sites excluding steroid dienone is 1. The van der Waals surface area contributed by atoms with Gasteiger partial charge in [-0.1, -0.05) is 13.0 Å². The molecule has 0 spiro atoms. The van der Waals surface area contributed by atoms with Crippen molar-refractivity contribution >= 4 is 11.9 Å². The first-order chi connectivity index (χ1) is 5.04. The summed E-state index contributed by atoms with van der Waals surface area (Å²) in [6.45, 7) is 3.26. The standard InChI is InChI=1S/C4H6O2.C3H6O2.Cu/c1-2-3-4(5)6;1-2-3(4)5;/h2-3H,1H3,(H,5,6);2H2,1H3,(H,4,5);. The van der Waals surface area contributed by atoms with Crippen LogP contribution < -0.4 is 0 Å². The first-order valence-corrected chi connectivity index (χ1v) is 3.12. The summed E-state index contributed by atoms with van der Waals surface area (Å²) in [5, 5.41) is 15.5. The molecule has 0 atom stereocenters. The van der Waals surface area contributed by atoms with Crippen molar-refractivity contribution in [1.82, 2.24) is 0 Å². The van der Waals surface area contributed by atoms with Gasteiger partial charge in [0.15, 0.2) is 0 Å². The van der Waals surface area contributed by atoms with Crippen molar-refractivity contribution in [2.75, 3.05) is 0 Å². The molecule has 0 rings (SSSR count). The van der Waals surface area contributed by atoms with Crippen LogP contribution in [-0.4, -0.2) is 22.2 Å². The molecule has 0 unspecified atom stereocenters. The summed E-state index contributed by atoms with van der Waals surface area (Å²) in [5.41, 5.74) is 0. The Hall–Kier alpha value is -0.801. The molecule has 0 aromatic rings. The summed E-state index contributed by atoms with van der Waals surface area (Å²) in [4.78, 5) is 18.9. The van der Waals surface area contributed by atoms with Crippen LogP contribution in [-0.2, 0) is 26.7 Å². The van der Waals surface area contributed by atoms with Crippen LogP contribution in [0.4, 0.5) is 0 Å². The van der Waals surface area contributed by atoms with Crippen LogP contribution in [0, 0.1) is 0 Å². The molecule has 0 amide bonds. The SMILES string of the molecule is CC=CC(=O)O.CCC(=O)O.[Cu]. The molecular weight excluding hydrogens is 212 g/mol. The molecule has 0 fully saturated rings. The van der Waals surface area contributed by atoms with Gasteiger partial charge in [-0.3, -0.25) is 4.79 Å². The predicted octanol–water partition coefficient (Wildman–Crippen LogP) is 1.13. The van der Waals surface area contributed by atoms with Crippen LogP contribution in [0.15, 0.2) is 12.2 Å². The molecule has 0 aliphatic carbocycles. The molecule has 12 heavy (non-hydrogen) atoms. The largest absolute Gasteiger partial charge is 0.481 e. The fraction of sp³-hybridized carbons (Fsp3) is 0.429. The van der Waals surface area contributed by atoms with Gasteiger partial charge in [-0.2, -0.15) is 0 Å². The van der Waals surface area contributed by atoms with Crippen molar-refractivity contribution in [1.29, 1.82) is 0 Å². The van der Waals surface area contributed by atoms with Gasteiger partial charge in [0.05, 0.1) is 0 Å². The van der Waals surface area contributed by atoms with E-state index in [2.05, 4.69) is 0 Å². The number of hydrogen-bond acceptors (Lipinski definition) is 2. The third-order valence-electron chi connectivity index (χ3n) is 0.612.